The summed E-state index contributed by atoms with van der Waals surface area (Å²) in [5, 5.41) is 1.78. The fourth-order valence-corrected chi connectivity index (χ4v) is 2.16. The molecule has 0 bridgehead atoms. The Hall–Kier alpha value is -1.47. The lowest BCUT2D eigenvalue weighted by Gasteiger charge is -2.04. The van der Waals surface area contributed by atoms with Crippen LogP contribution in [0.15, 0.2) is 47.4 Å². The van der Waals surface area contributed by atoms with E-state index in [1.807, 2.05) is 24.3 Å². The second-order valence-electron chi connectivity index (χ2n) is 3.16. The molecule has 5 nitrogen and oxygen atoms in total. The number of nitrogens with two attached hydrogens (primary N) is 1. The van der Waals surface area contributed by atoms with Crippen LogP contribution in [0.5, 0.6) is 0 Å². The summed E-state index contributed by atoms with van der Waals surface area (Å²) in [4.78, 5) is 0.0594. The topological polar surface area (TPSA) is 81.4 Å². The van der Waals surface area contributed by atoms with Gasteiger partial charge in [0.05, 0.1) is 4.90 Å². The minimum atomic E-state index is -3.84. The van der Waals surface area contributed by atoms with Crippen molar-refractivity contribution < 1.29 is 12.7 Å². The van der Waals surface area contributed by atoms with Crippen LogP contribution < -0.4 is 11.4 Å². The number of hydrogen-bond donors (Lipinski definition) is 2. The second kappa shape index (κ2) is 4.18. The van der Waals surface area contributed by atoms with Gasteiger partial charge in [0.1, 0.15) is 0 Å². The maximum Gasteiger partial charge on any atom is 0.314 e. The van der Waals surface area contributed by atoms with Gasteiger partial charge in [-0.05, 0) is 22.9 Å². The van der Waals surface area contributed by atoms with Crippen molar-refractivity contribution in [3.63, 3.8) is 0 Å². The van der Waals surface area contributed by atoms with Crippen molar-refractivity contribution in [3.8, 4) is 0 Å². The third-order valence-corrected chi connectivity index (χ3v) is 3.31. The molecule has 2 aromatic rings. The first-order chi connectivity index (χ1) is 7.63. The molecule has 0 aliphatic rings. The van der Waals surface area contributed by atoms with Gasteiger partial charge >= 0.3 is 10.1 Å². The average Bonchev–Trinajstić information content (AvgIpc) is 2.28. The van der Waals surface area contributed by atoms with Crippen LogP contribution in [0.1, 0.15) is 0 Å². The Kier molecular flexibility index (Phi) is 2.88. The van der Waals surface area contributed by atoms with Crippen molar-refractivity contribution in [1.82, 2.24) is 5.59 Å². The summed E-state index contributed by atoms with van der Waals surface area (Å²) < 4.78 is 27.3. The number of hydrazine groups is 1. The van der Waals surface area contributed by atoms with Gasteiger partial charge in [-0.1, -0.05) is 30.3 Å². The normalized spacial score (nSPS) is 11.8. The molecule has 2 aromatic carbocycles. The van der Waals surface area contributed by atoms with Gasteiger partial charge in [0.25, 0.3) is 0 Å². The molecule has 0 saturated carbocycles. The maximum atomic E-state index is 11.5. The minimum absolute atomic E-state index is 0.0594. The number of benzene rings is 2. The zero-order chi connectivity index (χ0) is 11.6. The van der Waals surface area contributed by atoms with E-state index in [9.17, 15) is 8.42 Å². The molecular formula is C10H10N2O3S. The Labute approximate surface area is 92.9 Å². The van der Waals surface area contributed by atoms with Gasteiger partial charge in [-0.25, -0.2) is 5.84 Å². The van der Waals surface area contributed by atoms with Crippen LogP contribution >= 0.6 is 0 Å². The summed E-state index contributed by atoms with van der Waals surface area (Å²) >= 11 is 0. The van der Waals surface area contributed by atoms with E-state index < -0.39 is 10.1 Å². The highest BCUT2D eigenvalue weighted by Gasteiger charge is 2.14. The lowest BCUT2D eigenvalue weighted by Crippen LogP contribution is -2.26. The van der Waals surface area contributed by atoms with Crippen LogP contribution in [0.2, 0.25) is 0 Å². The van der Waals surface area contributed by atoms with Crippen LogP contribution in [0.3, 0.4) is 0 Å². The molecule has 6 heteroatoms. The molecule has 0 aliphatic carbocycles. The van der Waals surface area contributed by atoms with Gasteiger partial charge in [0, 0.05) is 0 Å². The Bertz CT molecular complexity index is 610. The molecule has 0 unspecified atom stereocenters. The number of fused-ring (bicyclic) bond motifs is 1. The van der Waals surface area contributed by atoms with Crippen LogP contribution in [0.4, 0.5) is 0 Å². The summed E-state index contributed by atoms with van der Waals surface area (Å²) in [6.07, 6.45) is 0. The van der Waals surface area contributed by atoms with Crippen molar-refractivity contribution >= 4 is 20.9 Å². The van der Waals surface area contributed by atoms with E-state index in [4.69, 9.17) is 5.84 Å². The van der Waals surface area contributed by atoms with Crippen molar-refractivity contribution in [2.75, 3.05) is 0 Å². The Morgan fingerprint density at radius 2 is 1.75 bits per heavy atom. The maximum absolute atomic E-state index is 11.5. The van der Waals surface area contributed by atoms with Crippen LogP contribution in [0.25, 0.3) is 10.8 Å². The van der Waals surface area contributed by atoms with Gasteiger partial charge in [-0.2, -0.15) is 12.7 Å². The van der Waals surface area contributed by atoms with Gasteiger partial charge in [0.15, 0.2) is 0 Å². The summed E-state index contributed by atoms with van der Waals surface area (Å²) in [6, 6.07) is 12.1. The van der Waals surface area contributed by atoms with E-state index in [0.717, 1.165) is 10.8 Å². The molecule has 0 saturated heterocycles. The van der Waals surface area contributed by atoms with Crippen LogP contribution in [-0.2, 0) is 14.4 Å². The Morgan fingerprint density at radius 1 is 1.06 bits per heavy atom. The molecule has 0 aliphatic heterocycles. The first-order valence-corrected chi connectivity index (χ1v) is 5.92. The van der Waals surface area contributed by atoms with E-state index in [-0.39, 0.29) is 4.90 Å². The molecule has 0 aromatic heterocycles. The zero-order valence-corrected chi connectivity index (χ0v) is 9.07. The third-order valence-electron chi connectivity index (χ3n) is 2.17. The van der Waals surface area contributed by atoms with E-state index in [2.05, 4.69) is 4.28 Å². The third kappa shape index (κ3) is 2.05. The molecule has 0 amide bonds. The fraction of sp³-hybridized carbons (Fsp3) is 0. The van der Waals surface area contributed by atoms with Crippen LogP contribution in [-0.4, -0.2) is 8.42 Å². The standard InChI is InChI=1S/C10H10N2O3S/c11-12-15-16(13,14)10-6-5-8-3-1-2-4-9(8)7-10/h1-7,12H,11H2. The second-order valence-corrected chi connectivity index (χ2v) is 4.71. The Balaban J connectivity index is 2.55. The van der Waals surface area contributed by atoms with Gasteiger partial charge < -0.3 is 0 Å². The lowest BCUT2D eigenvalue weighted by molar-refractivity contribution is 0.207. The largest absolute Gasteiger partial charge is 0.314 e. The van der Waals surface area contributed by atoms with E-state index in [0.29, 0.717) is 0 Å². The average molecular weight is 238 g/mol. The molecule has 0 fully saturated rings. The molecule has 84 valence electrons. The molecule has 0 spiro atoms. The zero-order valence-electron chi connectivity index (χ0n) is 8.25. The molecular weight excluding hydrogens is 228 g/mol. The van der Waals surface area contributed by atoms with Crippen molar-refractivity contribution in [2.24, 2.45) is 5.84 Å². The van der Waals surface area contributed by atoms with Crippen molar-refractivity contribution in [1.29, 1.82) is 0 Å². The van der Waals surface area contributed by atoms with E-state index >= 15 is 0 Å². The number of rotatable bonds is 3. The smallest absolute Gasteiger partial charge is 0.247 e. The quantitative estimate of drug-likeness (QED) is 0.614. The number of nitrogens with one attached hydrogen (secondary N) is 1. The highest BCUT2D eigenvalue weighted by Crippen LogP contribution is 2.19. The predicted molar refractivity (Wildman–Crippen MR) is 59.5 cm³/mol. The Morgan fingerprint density at radius 3 is 2.44 bits per heavy atom. The molecule has 0 atom stereocenters. The van der Waals surface area contributed by atoms with Crippen molar-refractivity contribution in [2.45, 2.75) is 4.90 Å². The van der Waals surface area contributed by atoms with Gasteiger partial charge in [0.2, 0.25) is 0 Å². The van der Waals surface area contributed by atoms with Gasteiger partial charge in [-0.15, -0.1) is 5.59 Å². The van der Waals surface area contributed by atoms with E-state index in [1.54, 1.807) is 11.7 Å². The predicted octanol–water partition coefficient (Wildman–Crippen LogP) is 0.923. The van der Waals surface area contributed by atoms with Crippen LogP contribution in [0, 0.1) is 0 Å². The molecule has 0 radical (unpaired) electrons. The molecule has 3 N–H and O–H groups in total. The highest BCUT2D eigenvalue weighted by molar-refractivity contribution is 7.86. The van der Waals surface area contributed by atoms with Gasteiger partial charge in [-0.3, -0.25) is 0 Å². The fourth-order valence-electron chi connectivity index (χ4n) is 1.43. The SMILES string of the molecule is NNOS(=O)(=O)c1ccc2ccccc2c1. The monoisotopic (exact) mass is 238 g/mol. The first-order valence-electron chi connectivity index (χ1n) is 4.51. The minimum Gasteiger partial charge on any atom is -0.247 e. The molecule has 16 heavy (non-hydrogen) atoms. The van der Waals surface area contributed by atoms with E-state index in [1.165, 1.54) is 12.1 Å². The molecule has 2 rings (SSSR count). The number of hydrogen-bond acceptors (Lipinski definition) is 5. The lowest BCUT2D eigenvalue weighted by atomic mass is 10.1. The summed E-state index contributed by atoms with van der Waals surface area (Å²) in [5.41, 5.74) is 1.67. The summed E-state index contributed by atoms with van der Waals surface area (Å²) in [6.45, 7) is 0. The first kappa shape index (κ1) is 11.0. The summed E-state index contributed by atoms with van der Waals surface area (Å²) in [7, 11) is -3.84. The molecule has 0 heterocycles. The highest BCUT2D eigenvalue weighted by atomic mass is 32.2. The summed E-state index contributed by atoms with van der Waals surface area (Å²) in [5.74, 6) is 4.81. The van der Waals surface area contributed by atoms with Crippen molar-refractivity contribution in [3.05, 3.63) is 42.5 Å².